The summed E-state index contributed by atoms with van der Waals surface area (Å²) in [5.74, 6) is 0.974. The molecule has 0 spiro atoms. The van der Waals surface area contributed by atoms with Crippen molar-refractivity contribution >= 4 is 11.6 Å². The van der Waals surface area contributed by atoms with Crippen molar-refractivity contribution in [1.82, 2.24) is 5.32 Å². The maximum Gasteiger partial charge on any atom is 0.196 e. The van der Waals surface area contributed by atoms with Crippen LogP contribution in [0.15, 0.2) is 59.6 Å². The maximum absolute atomic E-state index is 5.15. The normalized spacial score (nSPS) is 19.4. The number of para-hydroxylation sites is 1. The van der Waals surface area contributed by atoms with E-state index in [1.165, 1.54) is 75.3 Å². The van der Waals surface area contributed by atoms with Crippen molar-refractivity contribution in [1.29, 1.82) is 0 Å². The van der Waals surface area contributed by atoms with Crippen LogP contribution in [0.3, 0.4) is 0 Å². The number of hydrogen-bond acceptors (Lipinski definition) is 1. The highest BCUT2D eigenvalue weighted by molar-refractivity contribution is 5.97. The number of rotatable bonds is 4. The van der Waals surface area contributed by atoms with Crippen LogP contribution < -0.4 is 10.6 Å². The number of nitrogens with one attached hydrogen (secondary N) is 2. The van der Waals surface area contributed by atoms with Gasteiger partial charge in [0, 0.05) is 17.3 Å². The fraction of sp³-hybridized carbons (Fsp3) is 0.480. The largest absolute Gasteiger partial charge is 0.353 e. The summed E-state index contributed by atoms with van der Waals surface area (Å²) in [4.78, 5) is 5.15. The van der Waals surface area contributed by atoms with Crippen molar-refractivity contribution in [3.05, 3.63) is 54.6 Å². The van der Waals surface area contributed by atoms with Crippen LogP contribution in [-0.4, -0.2) is 18.0 Å². The molecule has 2 aromatic rings. The highest BCUT2D eigenvalue weighted by Gasteiger charge is 2.18. The van der Waals surface area contributed by atoms with E-state index in [1.54, 1.807) is 0 Å². The smallest absolute Gasteiger partial charge is 0.196 e. The van der Waals surface area contributed by atoms with Crippen molar-refractivity contribution in [2.45, 2.75) is 76.3 Å². The van der Waals surface area contributed by atoms with Crippen molar-refractivity contribution in [3.63, 3.8) is 0 Å². The van der Waals surface area contributed by atoms with E-state index in [0.717, 1.165) is 11.6 Å². The second-order valence-electron chi connectivity index (χ2n) is 8.29. The summed E-state index contributed by atoms with van der Waals surface area (Å²) < 4.78 is 0. The Kier molecular flexibility index (Phi) is 6.64. The van der Waals surface area contributed by atoms with Gasteiger partial charge in [0.05, 0.1) is 6.04 Å². The molecule has 0 aliphatic heterocycles. The van der Waals surface area contributed by atoms with Gasteiger partial charge >= 0.3 is 0 Å². The molecule has 0 bridgehead atoms. The fourth-order valence-corrected chi connectivity index (χ4v) is 4.53. The molecule has 2 saturated carbocycles. The Morgan fingerprint density at radius 2 is 1.36 bits per heavy atom. The third kappa shape index (κ3) is 5.15. The lowest BCUT2D eigenvalue weighted by molar-refractivity contribution is 0.408. The van der Waals surface area contributed by atoms with E-state index in [0.29, 0.717) is 12.1 Å². The monoisotopic (exact) mass is 375 g/mol. The van der Waals surface area contributed by atoms with Crippen LogP contribution in [0.25, 0.3) is 11.1 Å². The van der Waals surface area contributed by atoms with Crippen molar-refractivity contribution < 1.29 is 0 Å². The lowest BCUT2D eigenvalue weighted by atomic mass is 9.95. The third-order valence-corrected chi connectivity index (χ3v) is 6.10. The second kappa shape index (κ2) is 9.77. The van der Waals surface area contributed by atoms with E-state index < -0.39 is 0 Å². The van der Waals surface area contributed by atoms with Gasteiger partial charge in [0.1, 0.15) is 0 Å². The number of benzene rings is 2. The standard InChI is InChI=1S/C25H33N3/c1-4-12-20(13-5-1)23-18-10-11-19-24(23)28-25(26-21-14-6-2-7-15-21)27-22-16-8-3-9-17-22/h1,4-5,10-13,18-19,21-22H,2-3,6-9,14-17H2,(H2,26,27,28). The predicted octanol–water partition coefficient (Wildman–Crippen LogP) is 6.38. The second-order valence-corrected chi connectivity index (χ2v) is 8.29. The lowest BCUT2D eigenvalue weighted by Gasteiger charge is -2.27. The van der Waals surface area contributed by atoms with Gasteiger partial charge in [-0.25, -0.2) is 4.99 Å². The Labute approximate surface area is 169 Å². The van der Waals surface area contributed by atoms with Gasteiger partial charge in [-0.05, 0) is 37.3 Å². The molecule has 0 aromatic heterocycles. The number of aliphatic imine (C=N–C) groups is 1. The highest BCUT2D eigenvalue weighted by Crippen LogP contribution is 2.28. The molecule has 2 aliphatic rings. The van der Waals surface area contributed by atoms with E-state index in [-0.39, 0.29) is 0 Å². The fourth-order valence-electron chi connectivity index (χ4n) is 4.53. The Hall–Kier alpha value is -2.29. The van der Waals surface area contributed by atoms with E-state index in [1.807, 2.05) is 0 Å². The Bertz CT molecular complexity index is 756. The molecule has 3 nitrogen and oxygen atoms in total. The molecule has 148 valence electrons. The number of anilines is 1. The molecule has 0 unspecified atom stereocenters. The summed E-state index contributed by atoms with van der Waals surface area (Å²) in [6.45, 7) is 0. The molecule has 0 atom stereocenters. The number of hydrogen-bond donors (Lipinski definition) is 2. The summed E-state index contributed by atoms with van der Waals surface area (Å²) in [6, 6.07) is 20.2. The molecule has 0 radical (unpaired) electrons. The molecule has 2 N–H and O–H groups in total. The zero-order valence-electron chi connectivity index (χ0n) is 16.9. The first-order valence-corrected chi connectivity index (χ1v) is 11.1. The van der Waals surface area contributed by atoms with Gasteiger partial charge in [-0.3, -0.25) is 0 Å². The third-order valence-electron chi connectivity index (χ3n) is 6.10. The molecular weight excluding hydrogens is 342 g/mol. The lowest BCUT2D eigenvalue weighted by Crippen LogP contribution is -2.41. The van der Waals surface area contributed by atoms with Gasteiger partial charge in [-0.1, -0.05) is 87.1 Å². The summed E-state index contributed by atoms with van der Waals surface area (Å²) in [6.07, 6.45) is 13.0. The molecule has 2 aliphatic carbocycles. The van der Waals surface area contributed by atoms with Gasteiger partial charge in [0.2, 0.25) is 0 Å². The first kappa shape index (κ1) is 19.0. The molecule has 2 aromatic carbocycles. The predicted molar refractivity (Wildman–Crippen MR) is 120 cm³/mol. The highest BCUT2D eigenvalue weighted by atomic mass is 15.2. The van der Waals surface area contributed by atoms with Crippen LogP contribution in [0, 0.1) is 0 Å². The van der Waals surface area contributed by atoms with E-state index in [2.05, 4.69) is 65.2 Å². The van der Waals surface area contributed by atoms with Gasteiger partial charge in [-0.2, -0.15) is 0 Å². The SMILES string of the molecule is c1ccc(-c2ccccc2NC(=NC2CCCCC2)NC2CCCCC2)cc1. The Morgan fingerprint density at radius 1 is 0.714 bits per heavy atom. The quantitative estimate of drug-likeness (QED) is 0.481. The van der Waals surface area contributed by atoms with E-state index in [9.17, 15) is 0 Å². The van der Waals surface area contributed by atoms with Gasteiger partial charge in [0.15, 0.2) is 5.96 Å². The molecular formula is C25H33N3. The van der Waals surface area contributed by atoms with Crippen LogP contribution in [0.2, 0.25) is 0 Å². The summed E-state index contributed by atoms with van der Waals surface area (Å²) >= 11 is 0. The topological polar surface area (TPSA) is 36.4 Å². The minimum Gasteiger partial charge on any atom is -0.353 e. The molecule has 3 heteroatoms. The minimum absolute atomic E-state index is 0.455. The Morgan fingerprint density at radius 3 is 2.11 bits per heavy atom. The summed E-state index contributed by atoms with van der Waals surface area (Å²) in [5.41, 5.74) is 3.59. The van der Waals surface area contributed by atoms with Crippen molar-refractivity contribution in [3.8, 4) is 11.1 Å². The van der Waals surface area contributed by atoms with Crippen LogP contribution in [0.4, 0.5) is 5.69 Å². The zero-order chi connectivity index (χ0) is 19.0. The van der Waals surface area contributed by atoms with E-state index in [4.69, 9.17) is 4.99 Å². The van der Waals surface area contributed by atoms with Gasteiger partial charge < -0.3 is 10.6 Å². The van der Waals surface area contributed by atoms with E-state index >= 15 is 0 Å². The van der Waals surface area contributed by atoms with Gasteiger partial charge in [-0.15, -0.1) is 0 Å². The first-order chi connectivity index (χ1) is 13.9. The van der Waals surface area contributed by atoms with Crippen LogP contribution in [0.5, 0.6) is 0 Å². The Balaban J connectivity index is 1.57. The average Bonchev–Trinajstić information content (AvgIpc) is 2.76. The molecule has 0 heterocycles. The molecule has 28 heavy (non-hydrogen) atoms. The van der Waals surface area contributed by atoms with Crippen molar-refractivity contribution in [2.24, 2.45) is 4.99 Å². The minimum atomic E-state index is 0.455. The molecule has 2 fully saturated rings. The first-order valence-electron chi connectivity index (χ1n) is 11.1. The average molecular weight is 376 g/mol. The van der Waals surface area contributed by atoms with Gasteiger partial charge in [0.25, 0.3) is 0 Å². The molecule has 0 amide bonds. The molecule has 0 saturated heterocycles. The number of guanidine groups is 1. The van der Waals surface area contributed by atoms with Crippen LogP contribution in [0.1, 0.15) is 64.2 Å². The summed E-state index contributed by atoms with van der Waals surface area (Å²) in [7, 11) is 0. The number of nitrogens with zero attached hydrogens (tertiary/aromatic N) is 1. The summed E-state index contributed by atoms with van der Waals surface area (Å²) in [5, 5.41) is 7.45. The van der Waals surface area contributed by atoms with Crippen LogP contribution >= 0.6 is 0 Å². The maximum atomic E-state index is 5.15. The van der Waals surface area contributed by atoms with Crippen LogP contribution in [-0.2, 0) is 0 Å². The van der Waals surface area contributed by atoms with Crippen molar-refractivity contribution in [2.75, 3.05) is 5.32 Å². The molecule has 4 rings (SSSR count). The zero-order valence-corrected chi connectivity index (χ0v) is 16.9.